The van der Waals surface area contributed by atoms with Crippen LogP contribution in [0.15, 0.2) is 0 Å². The molecule has 1 aliphatic rings. The fourth-order valence-corrected chi connectivity index (χ4v) is 3.33. The molecule has 0 saturated carbocycles. The molecular formula is C20H32F3N3O5. The first-order chi connectivity index (χ1) is 14.2. The van der Waals surface area contributed by atoms with Crippen LogP contribution < -0.4 is 10.6 Å². The van der Waals surface area contributed by atoms with Crippen molar-refractivity contribution in [2.75, 3.05) is 6.54 Å². The van der Waals surface area contributed by atoms with E-state index in [1.807, 2.05) is 0 Å². The molecule has 1 aliphatic heterocycles. The Morgan fingerprint density at radius 1 is 0.935 bits per heavy atom. The Bertz CT molecular complexity index is 679. The van der Waals surface area contributed by atoms with Gasteiger partial charge in [0.05, 0.1) is 12.1 Å². The number of carbonyl (C=O) groups is 4. The van der Waals surface area contributed by atoms with E-state index in [0.29, 0.717) is 6.42 Å². The molecule has 0 aromatic heterocycles. The summed E-state index contributed by atoms with van der Waals surface area (Å²) in [5.41, 5.74) is 0. The third kappa shape index (κ3) is 7.39. The Hall–Kier alpha value is -2.33. The summed E-state index contributed by atoms with van der Waals surface area (Å²) in [6.07, 6.45) is -5.56. The first kappa shape index (κ1) is 26.7. The van der Waals surface area contributed by atoms with Crippen LogP contribution in [0, 0.1) is 11.8 Å². The van der Waals surface area contributed by atoms with Crippen LogP contribution in [0.5, 0.6) is 0 Å². The smallest absolute Gasteiger partial charge is 0.447 e. The number of ketones is 1. The molecule has 0 spiro atoms. The van der Waals surface area contributed by atoms with E-state index in [2.05, 4.69) is 10.6 Å². The maximum absolute atomic E-state index is 13.1. The number of alkyl halides is 3. The predicted octanol–water partition coefficient (Wildman–Crippen LogP) is 2.41. The Morgan fingerprint density at radius 2 is 1.48 bits per heavy atom. The molecule has 0 aromatic carbocycles. The highest BCUT2D eigenvalue weighted by Crippen LogP contribution is 2.24. The van der Waals surface area contributed by atoms with E-state index >= 15 is 0 Å². The summed E-state index contributed by atoms with van der Waals surface area (Å²) in [6, 6.07) is -3.75. The maximum atomic E-state index is 13.1. The van der Waals surface area contributed by atoms with Gasteiger partial charge in [-0.1, -0.05) is 27.7 Å². The monoisotopic (exact) mass is 451 g/mol. The van der Waals surface area contributed by atoms with Crippen LogP contribution in [0.3, 0.4) is 0 Å². The zero-order valence-electron chi connectivity index (χ0n) is 18.7. The second-order valence-electron chi connectivity index (χ2n) is 8.60. The average Bonchev–Trinajstić information content (AvgIpc) is 3.10. The fourth-order valence-electron chi connectivity index (χ4n) is 3.33. The van der Waals surface area contributed by atoms with Crippen molar-refractivity contribution < 1.29 is 37.1 Å². The van der Waals surface area contributed by atoms with Gasteiger partial charge < -0.3 is 20.3 Å². The molecule has 1 heterocycles. The molecule has 1 rings (SSSR count). The molecule has 1 fully saturated rings. The van der Waals surface area contributed by atoms with Crippen molar-refractivity contribution in [1.82, 2.24) is 15.5 Å². The number of amides is 3. The van der Waals surface area contributed by atoms with Gasteiger partial charge >= 0.3 is 12.3 Å². The van der Waals surface area contributed by atoms with Gasteiger partial charge in [0, 0.05) is 6.54 Å². The summed E-state index contributed by atoms with van der Waals surface area (Å²) >= 11 is 0. The van der Waals surface area contributed by atoms with Gasteiger partial charge in [-0.2, -0.15) is 13.2 Å². The van der Waals surface area contributed by atoms with Gasteiger partial charge in [-0.05, 0) is 38.5 Å². The van der Waals surface area contributed by atoms with Crippen molar-refractivity contribution in [1.29, 1.82) is 0 Å². The van der Waals surface area contributed by atoms with Crippen molar-refractivity contribution >= 4 is 23.7 Å². The van der Waals surface area contributed by atoms with Crippen molar-refractivity contribution in [2.45, 2.75) is 84.8 Å². The maximum Gasteiger partial charge on any atom is 0.452 e. The lowest BCUT2D eigenvalue weighted by molar-refractivity contribution is -0.175. The number of ether oxygens (including phenoxy) is 1. The largest absolute Gasteiger partial charge is 0.452 e. The first-order valence-corrected chi connectivity index (χ1v) is 10.4. The molecule has 0 unspecified atom stereocenters. The molecule has 11 heteroatoms. The van der Waals surface area contributed by atoms with E-state index in [1.165, 1.54) is 18.7 Å². The molecule has 0 aliphatic carbocycles. The Morgan fingerprint density at radius 3 is 1.94 bits per heavy atom. The highest BCUT2D eigenvalue weighted by atomic mass is 19.4. The molecule has 1 saturated heterocycles. The standard InChI is InChI=1S/C20H32F3N3O5/c1-10(2)14(16(27)20(21,22)23)24-17(28)13-8-7-9-26(13)18(29)15(11(3)4)25-19(30)31-12(5)6/h10-15H,7-9H2,1-6H3,(H,24,28)(H,25,30)/t13-,14-,15-/m0/s1. The summed E-state index contributed by atoms with van der Waals surface area (Å²) in [7, 11) is 0. The Labute approximate surface area is 180 Å². The van der Waals surface area contributed by atoms with Gasteiger partial charge in [0.1, 0.15) is 12.1 Å². The van der Waals surface area contributed by atoms with Crippen LogP contribution >= 0.6 is 0 Å². The summed E-state index contributed by atoms with van der Waals surface area (Å²) in [5.74, 6) is -4.51. The Balaban J connectivity index is 2.98. The van der Waals surface area contributed by atoms with Crippen molar-refractivity contribution in [2.24, 2.45) is 11.8 Å². The fraction of sp³-hybridized carbons (Fsp3) is 0.800. The van der Waals surface area contributed by atoms with Gasteiger partial charge in [0.15, 0.2) is 0 Å². The summed E-state index contributed by atoms with van der Waals surface area (Å²) < 4.78 is 43.7. The average molecular weight is 451 g/mol. The quantitative estimate of drug-likeness (QED) is 0.590. The number of hydrogen-bond donors (Lipinski definition) is 2. The number of nitrogens with one attached hydrogen (secondary N) is 2. The lowest BCUT2D eigenvalue weighted by Crippen LogP contribution is -2.58. The van der Waals surface area contributed by atoms with Crippen LogP contribution in [-0.4, -0.2) is 65.5 Å². The zero-order chi connectivity index (χ0) is 24.1. The van der Waals surface area contributed by atoms with Crippen molar-refractivity contribution in [3.05, 3.63) is 0 Å². The van der Waals surface area contributed by atoms with E-state index in [-0.39, 0.29) is 18.9 Å². The Kier molecular flexibility index (Phi) is 9.31. The lowest BCUT2D eigenvalue weighted by Gasteiger charge is -2.31. The van der Waals surface area contributed by atoms with Gasteiger partial charge in [-0.15, -0.1) is 0 Å². The normalized spacial score (nSPS) is 18.8. The predicted molar refractivity (Wildman–Crippen MR) is 106 cm³/mol. The van der Waals surface area contributed by atoms with Gasteiger partial charge in [-0.3, -0.25) is 14.4 Å². The molecule has 0 radical (unpaired) electrons. The van der Waals surface area contributed by atoms with Crippen LogP contribution in [0.1, 0.15) is 54.4 Å². The second kappa shape index (κ2) is 10.8. The number of alkyl carbamates (subject to hydrolysis) is 1. The highest BCUT2D eigenvalue weighted by molar-refractivity contribution is 5.96. The van der Waals surface area contributed by atoms with Crippen molar-refractivity contribution in [3.63, 3.8) is 0 Å². The third-order valence-electron chi connectivity index (χ3n) is 4.91. The summed E-state index contributed by atoms with van der Waals surface area (Å²) in [6.45, 7) is 9.72. The molecular weight excluding hydrogens is 419 g/mol. The van der Waals surface area contributed by atoms with Crippen LogP contribution in [0.25, 0.3) is 0 Å². The molecule has 3 atom stereocenters. The number of rotatable bonds is 8. The van der Waals surface area contributed by atoms with E-state index in [0.717, 1.165) is 0 Å². The molecule has 0 aromatic rings. The number of Topliss-reactive ketones (excluding diaryl/α,β-unsaturated/α-hetero) is 1. The minimum absolute atomic E-state index is 0.209. The summed E-state index contributed by atoms with van der Waals surface area (Å²) in [4.78, 5) is 50.7. The van der Waals surface area contributed by atoms with Gasteiger partial charge in [0.25, 0.3) is 5.78 Å². The topological polar surface area (TPSA) is 105 Å². The van der Waals surface area contributed by atoms with E-state index in [9.17, 15) is 32.3 Å². The number of carbonyl (C=O) groups excluding carboxylic acids is 4. The first-order valence-electron chi connectivity index (χ1n) is 10.4. The molecule has 8 nitrogen and oxygen atoms in total. The number of nitrogens with zero attached hydrogens (tertiary/aromatic N) is 1. The zero-order valence-corrected chi connectivity index (χ0v) is 18.7. The second-order valence-corrected chi connectivity index (χ2v) is 8.60. The van der Waals surface area contributed by atoms with Crippen LogP contribution in [-0.2, 0) is 19.1 Å². The van der Waals surface area contributed by atoms with E-state index < -0.39 is 60.0 Å². The minimum atomic E-state index is -5.09. The molecule has 3 amide bonds. The lowest BCUT2D eigenvalue weighted by atomic mass is 9.98. The molecule has 31 heavy (non-hydrogen) atoms. The number of likely N-dealkylation sites (tertiary alicyclic amines) is 1. The third-order valence-corrected chi connectivity index (χ3v) is 4.91. The minimum Gasteiger partial charge on any atom is -0.447 e. The molecule has 2 N–H and O–H groups in total. The highest BCUT2D eigenvalue weighted by Gasteiger charge is 2.46. The number of halogens is 3. The molecule has 178 valence electrons. The van der Waals surface area contributed by atoms with Crippen LogP contribution in [0.4, 0.5) is 18.0 Å². The van der Waals surface area contributed by atoms with Gasteiger partial charge in [-0.25, -0.2) is 4.79 Å². The van der Waals surface area contributed by atoms with E-state index in [4.69, 9.17) is 4.74 Å². The van der Waals surface area contributed by atoms with Gasteiger partial charge in [0.2, 0.25) is 11.8 Å². The van der Waals surface area contributed by atoms with Crippen molar-refractivity contribution in [3.8, 4) is 0 Å². The van der Waals surface area contributed by atoms with Crippen LogP contribution in [0.2, 0.25) is 0 Å². The number of hydrogen-bond acceptors (Lipinski definition) is 5. The summed E-state index contributed by atoms with van der Waals surface area (Å²) in [5, 5.41) is 4.66. The SMILES string of the molecule is CC(C)OC(=O)N[C@H](C(=O)N1CCC[C@H]1C(=O)N[C@H](C(=O)C(F)(F)F)C(C)C)C(C)C. The molecule has 0 bridgehead atoms. The van der Waals surface area contributed by atoms with E-state index in [1.54, 1.807) is 27.7 Å².